The molecule has 222 valence electrons. The summed E-state index contributed by atoms with van der Waals surface area (Å²) in [5.74, 6) is -0.595. The largest absolute Gasteiger partial charge is 0.375 e. The number of nitrogens with zero attached hydrogens (tertiary/aromatic N) is 4. The summed E-state index contributed by atoms with van der Waals surface area (Å²) in [6.07, 6.45) is 0. The van der Waals surface area contributed by atoms with Crippen LogP contribution in [0.25, 0.3) is 33.5 Å². The van der Waals surface area contributed by atoms with Crippen molar-refractivity contribution in [1.29, 1.82) is 0 Å². The zero-order chi connectivity index (χ0) is 30.3. The zero-order valence-corrected chi connectivity index (χ0v) is 24.4. The van der Waals surface area contributed by atoms with Gasteiger partial charge in [-0.15, -0.1) is 0 Å². The summed E-state index contributed by atoms with van der Waals surface area (Å²) in [5.41, 5.74) is 5.47. The quantitative estimate of drug-likeness (QED) is 0.307. The highest BCUT2D eigenvalue weighted by molar-refractivity contribution is 5.99. The van der Waals surface area contributed by atoms with E-state index in [1.807, 2.05) is 54.4 Å². The number of aromatic nitrogens is 2. The van der Waals surface area contributed by atoms with Gasteiger partial charge in [0.05, 0.1) is 22.4 Å². The molecule has 0 atom stereocenters. The Bertz CT molecular complexity index is 1650. The number of benzene rings is 3. The molecule has 0 unspecified atom stereocenters. The molecule has 0 aliphatic carbocycles. The number of carbonyl (C=O) groups is 3. The molecule has 0 radical (unpaired) electrons. The van der Waals surface area contributed by atoms with Gasteiger partial charge in [-0.25, -0.2) is 9.97 Å². The molecular formula is C32H34N6O5. The van der Waals surface area contributed by atoms with Gasteiger partial charge in [-0.1, -0.05) is 24.3 Å². The van der Waals surface area contributed by atoms with E-state index in [1.54, 1.807) is 24.3 Å². The predicted molar refractivity (Wildman–Crippen MR) is 165 cm³/mol. The fourth-order valence-corrected chi connectivity index (χ4v) is 4.93. The van der Waals surface area contributed by atoms with Crippen LogP contribution in [-0.4, -0.2) is 98.1 Å². The second kappa shape index (κ2) is 13.5. The first kappa shape index (κ1) is 29.8. The first-order valence-corrected chi connectivity index (χ1v) is 13.9. The Morgan fingerprint density at radius 2 is 1.26 bits per heavy atom. The maximum atomic E-state index is 13.3. The monoisotopic (exact) mass is 582 g/mol. The van der Waals surface area contributed by atoms with Crippen LogP contribution in [0, 0.1) is 0 Å². The lowest BCUT2D eigenvalue weighted by Gasteiger charge is -2.32. The fourth-order valence-electron chi connectivity index (χ4n) is 4.93. The van der Waals surface area contributed by atoms with Gasteiger partial charge in [0.25, 0.3) is 5.91 Å². The number of nitrogens with one attached hydrogen (secondary N) is 2. The average molecular weight is 583 g/mol. The minimum absolute atomic E-state index is 0.0372. The van der Waals surface area contributed by atoms with Crippen LogP contribution in [0.15, 0.2) is 66.7 Å². The average Bonchev–Trinajstić information content (AvgIpc) is 3.00. The second-order valence-electron chi connectivity index (χ2n) is 10.3. The molecule has 0 bridgehead atoms. The molecule has 3 amide bonds. The maximum absolute atomic E-state index is 13.3. The minimum Gasteiger partial charge on any atom is -0.375 e. The van der Waals surface area contributed by atoms with Gasteiger partial charge in [-0.2, -0.15) is 0 Å². The van der Waals surface area contributed by atoms with E-state index in [1.165, 1.54) is 14.2 Å². The maximum Gasteiger partial charge on any atom is 0.254 e. The van der Waals surface area contributed by atoms with Crippen molar-refractivity contribution in [3.63, 3.8) is 0 Å². The number of piperazine rings is 1. The number of amides is 3. The van der Waals surface area contributed by atoms with Gasteiger partial charge in [-0.3, -0.25) is 14.4 Å². The van der Waals surface area contributed by atoms with E-state index in [-0.39, 0.29) is 30.9 Å². The van der Waals surface area contributed by atoms with Gasteiger partial charge in [0.1, 0.15) is 13.2 Å². The fraction of sp³-hybridized carbons (Fsp3) is 0.281. The number of hydrogen-bond acceptors (Lipinski definition) is 8. The van der Waals surface area contributed by atoms with Crippen molar-refractivity contribution in [2.45, 2.75) is 0 Å². The highest BCUT2D eigenvalue weighted by Gasteiger charge is 2.22. The van der Waals surface area contributed by atoms with Crippen molar-refractivity contribution in [1.82, 2.24) is 19.8 Å². The van der Waals surface area contributed by atoms with Crippen LogP contribution in [0.2, 0.25) is 0 Å². The van der Waals surface area contributed by atoms with Gasteiger partial charge in [-0.05, 0) is 49.5 Å². The molecule has 43 heavy (non-hydrogen) atoms. The number of anilines is 2. The van der Waals surface area contributed by atoms with E-state index in [0.717, 1.165) is 18.7 Å². The SMILES string of the molecule is COCC(=O)Nc1cccc(-c2nc3ccc(C(=O)N4CCN(C)CC4)cc3nc2-c2cccc(NC(=O)COC)c2)c1. The van der Waals surface area contributed by atoms with Crippen molar-refractivity contribution in [2.75, 3.05) is 71.3 Å². The summed E-state index contributed by atoms with van der Waals surface area (Å²) >= 11 is 0. The van der Waals surface area contributed by atoms with Gasteiger partial charge in [0.2, 0.25) is 11.8 Å². The van der Waals surface area contributed by atoms with Crippen molar-refractivity contribution in [2.24, 2.45) is 0 Å². The summed E-state index contributed by atoms with van der Waals surface area (Å²) in [6, 6.07) is 20.0. The summed E-state index contributed by atoms with van der Waals surface area (Å²) in [4.78, 5) is 51.8. The molecule has 1 aliphatic heterocycles. The van der Waals surface area contributed by atoms with E-state index >= 15 is 0 Å². The van der Waals surface area contributed by atoms with Crippen LogP contribution in [0.3, 0.4) is 0 Å². The van der Waals surface area contributed by atoms with E-state index in [2.05, 4.69) is 15.5 Å². The number of fused-ring (bicyclic) bond motifs is 1. The Kier molecular flexibility index (Phi) is 9.35. The number of carbonyl (C=O) groups excluding carboxylic acids is 3. The lowest BCUT2D eigenvalue weighted by atomic mass is 10.0. The molecule has 1 aromatic heterocycles. The van der Waals surface area contributed by atoms with Gasteiger partial charge in [0.15, 0.2) is 0 Å². The van der Waals surface area contributed by atoms with Gasteiger partial charge in [0, 0.05) is 68.5 Å². The molecule has 4 aromatic rings. The molecule has 0 spiro atoms. The van der Waals surface area contributed by atoms with E-state index < -0.39 is 0 Å². The summed E-state index contributed by atoms with van der Waals surface area (Å²) < 4.78 is 9.88. The van der Waals surface area contributed by atoms with Crippen LogP contribution in [0.1, 0.15) is 10.4 Å². The minimum atomic E-state index is -0.281. The topological polar surface area (TPSA) is 126 Å². The van der Waals surface area contributed by atoms with Crippen LogP contribution in [0.4, 0.5) is 11.4 Å². The molecule has 1 fully saturated rings. The molecule has 5 rings (SSSR count). The third kappa shape index (κ3) is 7.20. The second-order valence-corrected chi connectivity index (χ2v) is 10.3. The molecule has 2 heterocycles. The van der Waals surface area contributed by atoms with Gasteiger partial charge < -0.3 is 29.9 Å². The van der Waals surface area contributed by atoms with Gasteiger partial charge >= 0.3 is 0 Å². The first-order chi connectivity index (χ1) is 20.8. The molecule has 2 N–H and O–H groups in total. The lowest BCUT2D eigenvalue weighted by Crippen LogP contribution is -2.47. The number of ether oxygens (including phenoxy) is 2. The molecular weight excluding hydrogens is 548 g/mol. The number of rotatable bonds is 9. The summed E-state index contributed by atoms with van der Waals surface area (Å²) in [6.45, 7) is 2.85. The molecule has 0 saturated carbocycles. The normalized spacial score (nSPS) is 13.6. The Balaban J connectivity index is 1.58. The van der Waals surface area contributed by atoms with E-state index in [0.29, 0.717) is 58.0 Å². The molecule has 3 aromatic carbocycles. The van der Waals surface area contributed by atoms with Crippen LogP contribution in [0.5, 0.6) is 0 Å². The Morgan fingerprint density at radius 1 is 0.721 bits per heavy atom. The van der Waals surface area contributed by atoms with Crippen LogP contribution < -0.4 is 10.6 Å². The van der Waals surface area contributed by atoms with Crippen molar-refractivity contribution < 1.29 is 23.9 Å². The molecule has 11 nitrogen and oxygen atoms in total. The smallest absolute Gasteiger partial charge is 0.254 e. The Hall–Kier alpha value is -4.71. The molecule has 1 aliphatic rings. The van der Waals surface area contributed by atoms with E-state index in [4.69, 9.17) is 19.4 Å². The van der Waals surface area contributed by atoms with Crippen LogP contribution >= 0.6 is 0 Å². The summed E-state index contributed by atoms with van der Waals surface area (Å²) in [7, 11) is 4.97. The Labute approximate surface area is 249 Å². The zero-order valence-electron chi connectivity index (χ0n) is 24.4. The third-order valence-corrected chi connectivity index (χ3v) is 7.09. The third-order valence-electron chi connectivity index (χ3n) is 7.09. The highest BCUT2D eigenvalue weighted by Crippen LogP contribution is 2.33. The van der Waals surface area contributed by atoms with Crippen molar-refractivity contribution in [3.8, 4) is 22.5 Å². The standard InChI is InChI=1S/C32H34N6O5/c1-37-12-14-38(15-13-37)32(41)23-10-11-26-27(18-23)36-31(22-7-5-9-25(17-22)34-29(40)20-43-3)30(35-26)21-6-4-8-24(16-21)33-28(39)19-42-2/h4-11,16-18H,12-15,19-20H2,1-3H3,(H,33,39)(H,34,40). The summed E-state index contributed by atoms with van der Waals surface area (Å²) in [5, 5.41) is 5.66. The van der Waals surface area contributed by atoms with Crippen molar-refractivity contribution >= 4 is 40.1 Å². The number of methoxy groups -OCH3 is 2. The highest BCUT2D eigenvalue weighted by atomic mass is 16.5. The molecule has 1 saturated heterocycles. The van der Waals surface area contributed by atoms with Crippen LogP contribution in [-0.2, 0) is 19.1 Å². The number of likely N-dealkylation sites (N-methyl/N-ethyl adjacent to an activating group) is 1. The van der Waals surface area contributed by atoms with E-state index in [9.17, 15) is 14.4 Å². The Morgan fingerprint density at radius 3 is 1.79 bits per heavy atom. The number of hydrogen-bond donors (Lipinski definition) is 2. The first-order valence-electron chi connectivity index (χ1n) is 13.9. The predicted octanol–water partition coefficient (Wildman–Crippen LogP) is 3.52. The molecule has 11 heteroatoms. The van der Waals surface area contributed by atoms with Crippen molar-refractivity contribution in [3.05, 3.63) is 72.3 Å². The lowest BCUT2D eigenvalue weighted by molar-refractivity contribution is -0.120.